The van der Waals surface area contributed by atoms with Gasteiger partial charge in [0.25, 0.3) is 0 Å². The molecule has 0 aromatic heterocycles. The molecule has 2 N–H and O–H groups in total. The molecule has 0 bridgehead atoms. The highest BCUT2D eigenvalue weighted by atomic mass is 32.1. The lowest BCUT2D eigenvalue weighted by Crippen LogP contribution is -2.27. The lowest BCUT2D eigenvalue weighted by Gasteiger charge is -1.99. The third-order valence-electron chi connectivity index (χ3n) is 0.762. The Balaban J connectivity index is 3.44. The summed E-state index contributed by atoms with van der Waals surface area (Å²) in [5, 5.41) is 6.32. The molecular weight excluding hydrogens is 144 g/mol. The Morgan fingerprint density at radius 3 is 1.80 bits per heavy atom. The van der Waals surface area contributed by atoms with Gasteiger partial charge in [0.05, 0.1) is 0 Å². The third-order valence-corrected chi connectivity index (χ3v) is 0.998. The fourth-order valence-electron chi connectivity index (χ4n) is 0.360. The standard InChI is InChI=1S/C7H12N2S/c1-3-5-8-7(10)9-6-4-2/h3-6H,1-2H3,(H2,8,9,10). The van der Waals surface area contributed by atoms with Gasteiger partial charge in [0.15, 0.2) is 5.11 Å². The van der Waals surface area contributed by atoms with Gasteiger partial charge in [-0.2, -0.15) is 0 Å². The molecule has 0 aromatic carbocycles. The minimum absolute atomic E-state index is 0.608. The average molecular weight is 156 g/mol. The summed E-state index contributed by atoms with van der Waals surface area (Å²) in [6.45, 7) is 3.84. The number of nitrogens with one attached hydrogen (secondary N) is 2. The quantitative estimate of drug-likeness (QED) is 0.593. The van der Waals surface area contributed by atoms with Crippen molar-refractivity contribution in [1.82, 2.24) is 10.6 Å². The summed E-state index contributed by atoms with van der Waals surface area (Å²) in [4.78, 5) is 0. The highest BCUT2D eigenvalue weighted by Crippen LogP contribution is 1.69. The normalized spacial score (nSPS) is 10.6. The van der Waals surface area contributed by atoms with Crippen LogP contribution in [0, 0.1) is 0 Å². The van der Waals surface area contributed by atoms with Crippen molar-refractivity contribution in [3.05, 3.63) is 24.6 Å². The van der Waals surface area contributed by atoms with Crippen LogP contribution in [0.2, 0.25) is 0 Å². The van der Waals surface area contributed by atoms with Gasteiger partial charge in [0.1, 0.15) is 0 Å². The second-order valence-corrected chi connectivity index (χ2v) is 2.03. The first-order valence-electron chi connectivity index (χ1n) is 3.10. The lowest BCUT2D eigenvalue weighted by atomic mass is 10.7. The molecule has 3 heteroatoms. The molecule has 0 rings (SSSR count). The molecule has 0 saturated heterocycles. The zero-order valence-corrected chi connectivity index (χ0v) is 7.03. The van der Waals surface area contributed by atoms with Crippen LogP contribution in [0.4, 0.5) is 0 Å². The maximum Gasteiger partial charge on any atom is 0.174 e. The summed E-state index contributed by atoms with van der Waals surface area (Å²) >= 11 is 4.86. The van der Waals surface area contributed by atoms with E-state index in [1.807, 2.05) is 26.0 Å². The maximum atomic E-state index is 4.86. The van der Waals surface area contributed by atoms with Gasteiger partial charge in [-0.05, 0) is 38.5 Å². The van der Waals surface area contributed by atoms with Gasteiger partial charge in [-0.3, -0.25) is 0 Å². The highest BCUT2D eigenvalue weighted by molar-refractivity contribution is 7.80. The Kier molecular flexibility index (Phi) is 5.77. The van der Waals surface area contributed by atoms with Crippen LogP contribution >= 0.6 is 12.2 Å². The summed E-state index contributed by atoms with van der Waals surface area (Å²) in [7, 11) is 0. The summed E-state index contributed by atoms with van der Waals surface area (Å²) < 4.78 is 0. The van der Waals surface area contributed by atoms with Crippen LogP contribution in [-0.2, 0) is 0 Å². The number of thiocarbonyl (C=S) groups is 1. The zero-order valence-electron chi connectivity index (χ0n) is 6.22. The summed E-state index contributed by atoms with van der Waals surface area (Å²) in [6.07, 6.45) is 7.31. The van der Waals surface area contributed by atoms with Crippen LogP contribution in [0.15, 0.2) is 24.6 Å². The molecule has 0 aromatic rings. The van der Waals surface area contributed by atoms with E-state index in [4.69, 9.17) is 12.2 Å². The Labute approximate surface area is 67.0 Å². The molecule has 0 fully saturated rings. The first-order chi connectivity index (χ1) is 4.81. The number of hydrogen-bond donors (Lipinski definition) is 2. The van der Waals surface area contributed by atoms with Crippen molar-refractivity contribution in [3.63, 3.8) is 0 Å². The molecule has 0 amide bonds. The van der Waals surface area contributed by atoms with E-state index < -0.39 is 0 Å². The fourth-order valence-corrected chi connectivity index (χ4v) is 0.496. The molecule has 0 saturated carbocycles. The fraction of sp³-hybridized carbons (Fsp3) is 0.286. The van der Waals surface area contributed by atoms with Crippen molar-refractivity contribution in [2.75, 3.05) is 0 Å². The van der Waals surface area contributed by atoms with Gasteiger partial charge in [-0.15, -0.1) is 0 Å². The van der Waals surface area contributed by atoms with E-state index in [1.54, 1.807) is 12.4 Å². The Morgan fingerprint density at radius 2 is 1.50 bits per heavy atom. The first-order valence-corrected chi connectivity index (χ1v) is 3.51. The topological polar surface area (TPSA) is 24.1 Å². The second kappa shape index (κ2) is 6.29. The average Bonchev–Trinajstić information content (AvgIpc) is 1.97. The van der Waals surface area contributed by atoms with E-state index in [-0.39, 0.29) is 0 Å². The van der Waals surface area contributed by atoms with Crippen LogP contribution in [0.1, 0.15) is 13.8 Å². The number of allylic oxidation sites excluding steroid dienone is 2. The SMILES string of the molecule is CC=CNC(=S)NC=CC. The van der Waals surface area contributed by atoms with Crippen LogP contribution in [0.25, 0.3) is 0 Å². The molecule has 56 valence electrons. The van der Waals surface area contributed by atoms with Gasteiger partial charge in [-0.1, -0.05) is 12.2 Å². The van der Waals surface area contributed by atoms with Crippen molar-refractivity contribution in [1.29, 1.82) is 0 Å². The van der Waals surface area contributed by atoms with Crippen molar-refractivity contribution >= 4 is 17.3 Å². The van der Waals surface area contributed by atoms with Crippen molar-refractivity contribution in [2.24, 2.45) is 0 Å². The van der Waals surface area contributed by atoms with E-state index in [9.17, 15) is 0 Å². The van der Waals surface area contributed by atoms with Gasteiger partial charge >= 0.3 is 0 Å². The largest absolute Gasteiger partial charge is 0.339 e. The van der Waals surface area contributed by atoms with Crippen LogP contribution in [0.5, 0.6) is 0 Å². The smallest absolute Gasteiger partial charge is 0.174 e. The van der Waals surface area contributed by atoms with Crippen LogP contribution in [-0.4, -0.2) is 5.11 Å². The Hall–Kier alpha value is -0.830. The van der Waals surface area contributed by atoms with E-state index >= 15 is 0 Å². The summed E-state index contributed by atoms with van der Waals surface area (Å²) in [5.41, 5.74) is 0. The van der Waals surface area contributed by atoms with Crippen molar-refractivity contribution < 1.29 is 0 Å². The zero-order chi connectivity index (χ0) is 7.82. The molecule has 0 aliphatic carbocycles. The van der Waals surface area contributed by atoms with E-state index in [1.165, 1.54) is 0 Å². The molecule has 0 aliphatic rings. The Bertz CT molecular complexity index is 134. The second-order valence-electron chi connectivity index (χ2n) is 1.62. The molecule has 0 radical (unpaired) electrons. The van der Waals surface area contributed by atoms with Crippen LogP contribution < -0.4 is 10.6 Å². The number of hydrogen-bond acceptors (Lipinski definition) is 1. The summed E-state index contributed by atoms with van der Waals surface area (Å²) in [6, 6.07) is 0. The van der Waals surface area contributed by atoms with E-state index in [2.05, 4.69) is 10.6 Å². The molecule has 0 unspecified atom stereocenters. The first kappa shape index (κ1) is 9.17. The lowest BCUT2D eigenvalue weighted by molar-refractivity contribution is 1.16. The molecule has 0 heterocycles. The summed E-state index contributed by atoms with van der Waals surface area (Å²) in [5.74, 6) is 0. The van der Waals surface area contributed by atoms with Gasteiger partial charge in [0.2, 0.25) is 0 Å². The molecule has 0 aliphatic heterocycles. The molecular formula is C7H12N2S. The van der Waals surface area contributed by atoms with E-state index in [0.29, 0.717) is 5.11 Å². The molecule has 0 atom stereocenters. The van der Waals surface area contributed by atoms with Crippen molar-refractivity contribution in [2.45, 2.75) is 13.8 Å². The minimum atomic E-state index is 0.608. The number of rotatable bonds is 2. The molecule has 10 heavy (non-hydrogen) atoms. The highest BCUT2D eigenvalue weighted by Gasteiger charge is 1.82. The predicted octanol–water partition coefficient (Wildman–Crippen LogP) is 1.52. The third kappa shape index (κ3) is 5.31. The van der Waals surface area contributed by atoms with Crippen molar-refractivity contribution in [3.8, 4) is 0 Å². The monoisotopic (exact) mass is 156 g/mol. The predicted molar refractivity (Wildman–Crippen MR) is 48.5 cm³/mol. The van der Waals surface area contributed by atoms with Crippen LogP contribution in [0.3, 0.4) is 0 Å². The van der Waals surface area contributed by atoms with Gasteiger partial charge in [0, 0.05) is 0 Å². The minimum Gasteiger partial charge on any atom is -0.339 e. The maximum absolute atomic E-state index is 4.86. The van der Waals surface area contributed by atoms with E-state index in [0.717, 1.165) is 0 Å². The van der Waals surface area contributed by atoms with Gasteiger partial charge in [-0.25, -0.2) is 0 Å². The Morgan fingerprint density at radius 1 is 1.10 bits per heavy atom. The van der Waals surface area contributed by atoms with Gasteiger partial charge < -0.3 is 10.6 Å². The molecule has 2 nitrogen and oxygen atoms in total. The molecule has 0 spiro atoms.